The molecule has 2 aromatic heterocycles. The molecule has 0 saturated heterocycles. The number of benzene rings is 7. The predicted octanol–water partition coefficient (Wildman–Crippen LogP) is 21.5. The molecule has 2 fully saturated rings. The monoisotopic (exact) mass is 1880 g/mol. The lowest BCUT2D eigenvalue weighted by Crippen LogP contribution is -2.41. The third-order valence-corrected chi connectivity index (χ3v) is 23.0. The molecule has 23 heteroatoms. The summed E-state index contributed by atoms with van der Waals surface area (Å²) >= 11 is 0. The molecule has 0 aliphatic heterocycles. The Morgan fingerprint density at radius 3 is 0.883 bits per heavy atom. The van der Waals surface area contributed by atoms with Crippen LogP contribution < -0.4 is 37.6 Å². The Labute approximate surface area is 820 Å². The lowest BCUT2D eigenvalue weighted by atomic mass is 9.91. The van der Waals surface area contributed by atoms with E-state index in [-0.39, 0.29) is 70.8 Å². The quantitative estimate of drug-likeness (QED) is 0.0285. The Morgan fingerprint density at radius 2 is 0.606 bits per heavy atom. The molecule has 0 bridgehead atoms. The normalized spacial score (nSPS) is 14.3. The van der Waals surface area contributed by atoms with Crippen molar-refractivity contribution >= 4 is 53.2 Å². The molecule has 746 valence electrons. The number of carbonyl (C=O) groups excluding carboxylic acids is 9. The molecule has 7 aromatic carbocycles. The van der Waals surface area contributed by atoms with Crippen LogP contribution in [0.2, 0.25) is 0 Å². The summed E-state index contributed by atoms with van der Waals surface area (Å²) in [4.78, 5) is 117. The van der Waals surface area contributed by atoms with E-state index in [1.807, 2.05) is 179 Å². The fraction of sp³-hybridized carbons (Fsp3) is 0.465. The van der Waals surface area contributed by atoms with Crippen molar-refractivity contribution in [2.45, 2.75) is 293 Å². The summed E-state index contributed by atoms with van der Waals surface area (Å²) in [6.45, 7) is 45.7. The third-order valence-electron chi connectivity index (χ3n) is 23.0. The van der Waals surface area contributed by atoms with Gasteiger partial charge in [-0.25, -0.2) is 0 Å². The number of hydrogen-bond donors (Lipinski definition) is 9. The van der Waals surface area contributed by atoms with Gasteiger partial charge in [0, 0.05) is 124 Å². The molecule has 0 spiro atoms. The van der Waals surface area contributed by atoms with Gasteiger partial charge in [-0.05, 0) is 293 Å². The zero-order chi connectivity index (χ0) is 103. The molecule has 11 rings (SSSR count). The number of primary amides is 1. The Hall–Kier alpha value is -12.1. The van der Waals surface area contributed by atoms with E-state index in [0.29, 0.717) is 93.4 Å². The van der Waals surface area contributed by atoms with Crippen LogP contribution in [0, 0.1) is 0 Å². The lowest BCUT2D eigenvalue weighted by Gasteiger charge is -2.28. The first-order valence-electron chi connectivity index (χ1n) is 48.3. The van der Waals surface area contributed by atoms with Gasteiger partial charge in [-0.15, -0.1) is 0 Å². The number of carbonyl (C=O) groups is 9. The SMILES string of the molecule is CC(C)c1ccc(C(=O)N(C)C)cc1.CC(C)c1ccc(C(=O)N(C)C)nc1.CC(C)c1ccc(C(=O)NC(C)(C)C)cc1.CC(C)c1ccc(C(=O)NC2CCC(O)CC2)cc1.CC(C)c1ccc(C(=O)N[C@@H](C)O)cc1.CC(C)c1ccc(C(N)=O)cc1.CC(C)c1ccnc(C(=O)N(C)C)c1.CNC(=O)c1ccc(C(C)C)cc1.CNC1CCC(NC(=O)c2ccc(C(C)C)cc2)CC1. The molecule has 2 aliphatic carbocycles. The lowest BCUT2D eigenvalue weighted by molar-refractivity contribution is 0.0809. The van der Waals surface area contributed by atoms with Gasteiger partial charge in [0.05, 0.1) is 6.10 Å². The van der Waals surface area contributed by atoms with Crippen molar-refractivity contribution in [3.63, 3.8) is 0 Å². The van der Waals surface area contributed by atoms with E-state index in [1.54, 1.807) is 97.0 Å². The van der Waals surface area contributed by atoms with Gasteiger partial charge >= 0.3 is 0 Å². The minimum absolute atomic E-state index is 0.00306. The average molecular weight is 1880 g/mol. The van der Waals surface area contributed by atoms with Crippen LogP contribution in [0.5, 0.6) is 0 Å². The molecule has 0 unspecified atom stereocenters. The van der Waals surface area contributed by atoms with Crippen LogP contribution in [-0.2, 0) is 0 Å². The Morgan fingerprint density at radius 1 is 0.328 bits per heavy atom. The number of nitrogens with two attached hydrogens (primary N) is 1. The molecule has 10 N–H and O–H groups in total. The van der Waals surface area contributed by atoms with Crippen LogP contribution in [0.25, 0.3) is 0 Å². The Balaban J connectivity index is 0.000000398. The first-order chi connectivity index (χ1) is 64.3. The minimum Gasteiger partial charge on any atom is -0.393 e. The highest BCUT2D eigenvalue weighted by Crippen LogP contribution is 2.26. The number of amides is 9. The number of rotatable bonds is 22. The van der Waals surface area contributed by atoms with Crippen LogP contribution in [0.3, 0.4) is 0 Å². The minimum atomic E-state index is -0.817. The van der Waals surface area contributed by atoms with Crippen molar-refractivity contribution in [3.8, 4) is 0 Å². The van der Waals surface area contributed by atoms with Crippen molar-refractivity contribution in [1.29, 1.82) is 0 Å². The number of nitrogens with zero attached hydrogens (tertiary/aromatic N) is 5. The molecule has 0 radical (unpaired) electrons. The van der Waals surface area contributed by atoms with Gasteiger partial charge in [-0.3, -0.25) is 53.1 Å². The van der Waals surface area contributed by atoms with Crippen LogP contribution in [0.4, 0.5) is 0 Å². The second-order valence-electron chi connectivity index (χ2n) is 39.4. The van der Waals surface area contributed by atoms with Crippen LogP contribution in [-0.4, -0.2) is 180 Å². The maximum absolute atomic E-state index is 12.2. The van der Waals surface area contributed by atoms with Gasteiger partial charge in [-0.1, -0.05) is 216 Å². The maximum atomic E-state index is 12.2. The number of hydrogen-bond acceptors (Lipinski definition) is 14. The smallest absolute Gasteiger partial charge is 0.271 e. The van der Waals surface area contributed by atoms with E-state index in [4.69, 9.17) is 10.8 Å². The molecule has 23 nitrogen and oxygen atoms in total. The van der Waals surface area contributed by atoms with Gasteiger partial charge < -0.3 is 62.5 Å². The highest BCUT2D eigenvalue weighted by molar-refractivity contribution is 5.98. The summed E-state index contributed by atoms with van der Waals surface area (Å²) in [7, 11) is 14.1. The molecule has 2 saturated carbocycles. The highest BCUT2D eigenvalue weighted by atomic mass is 16.3. The molecular formula is C114H164N12O11. The summed E-state index contributed by atoms with van der Waals surface area (Å²) in [6, 6.07) is 62.6. The molecule has 9 aromatic rings. The molecule has 137 heavy (non-hydrogen) atoms. The van der Waals surface area contributed by atoms with Crippen LogP contribution >= 0.6 is 0 Å². The summed E-state index contributed by atoms with van der Waals surface area (Å²) in [5.74, 6) is 3.68. The standard InChI is InChI=1S/C17H26N2O.C16H23NO2.C14H21NO.C12H17NO2.C12H17NO.2C11H16N2O.C11H15NO.C10H13NO/c1-12(2)13-4-6-14(7-5-13)17(20)19-16-10-8-15(18-3)9-11-16;1-11(2)12-3-5-13(6-4-12)16(19)17-14-7-9-15(18)10-8-14;1-10(2)11-6-8-12(9-7-11)13(16)15-14(3,4)5;1-8(2)10-4-6-11(7-5-10)12(15)13-9(3)14;1-9(2)10-5-7-11(8-6-10)12(14)13(3)4;1-8(2)9-5-6-12-10(7-9)11(14)13(3)4;1-8(2)9-5-6-10(12-7-9)11(14)13(3)4;1-8(2)9-4-6-10(7-5-9)11(13)12-3;1-7(2)8-3-5-9(6-4-8)10(11)12/h4-7,12,15-16,18H,8-11H2,1-3H3,(H,19,20);3-6,11,14-15,18H,7-10H2,1-2H3,(H,17,19);6-10H,1-5H3,(H,15,16);4-9,14H,1-3H3,(H,13,15);5-9H,1-4H3;2*5-8H,1-4H3;4-8H,1-3H3,(H,12,13);3-7H,1-2H3,(H2,11,12)/t;;;9-;;;;;/m...1...../s1. The zero-order valence-electron chi connectivity index (χ0n) is 87.8. The first-order valence-corrected chi connectivity index (χ1v) is 48.3. The van der Waals surface area contributed by atoms with Crippen molar-refractivity contribution in [2.24, 2.45) is 5.73 Å². The van der Waals surface area contributed by atoms with Crippen molar-refractivity contribution < 1.29 is 53.4 Å². The van der Waals surface area contributed by atoms with E-state index in [9.17, 15) is 48.3 Å². The fourth-order valence-electron chi connectivity index (χ4n) is 13.8. The second kappa shape index (κ2) is 60.5. The Bertz CT molecular complexity index is 5020. The van der Waals surface area contributed by atoms with Gasteiger partial charge in [0.25, 0.3) is 47.3 Å². The number of aliphatic hydroxyl groups excluding tert-OH is 2. The summed E-state index contributed by atoms with van der Waals surface area (Å²) in [5.41, 5.74) is 21.8. The van der Waals surface area contributed by atoms with E-state index >= 15 is 0 Å². The van der Waals surface area contributed by atoms with Crippen molar-refractivity contribution in [2.75, 3.05) is 56.4 Å². The molecule has 1 atom stereocenters. The summed E-state index contributed by atoms with van der Waals surface area (Å²) < 4.78 is 0. The molecule has 2 aliphatic rings. The van der Waals surface area contributed by atoms with E-state index in [1.165, 1.54) is 55.7 Å². The molecular weight excluding hydrogens is 1710 g/mol. The van der Waals surface area contributed by atoms with E-state index in [2.05, 4.69) is 179 Å². The topological polar surface area (TPSA) is 328 Å². The number of aliphatic hydroxyl groups is 2. The van der Waals surface area contributed by atoms with E-state index < -0.39 is 6.23 Å². The van der Waals surface area contributed by atoms with Crippen molar-refractivity contribution in [1.82, 2.24) is 56.6 Å². The van der Waals surface area contributed by atoms with Crippen LogP contribution in [0.1, 0.15) is 401 Å². The summed E-state index contributed by atoms with van der Waals surface area (Å²) in [6.07, 6.45) is 10.2. The first kappa shape index (κ1) is 119. The van der Waals surface area contributed by atoms with Gasteiger partial charge in [0.2, 0.25) is 5.91 Å². The van der Waals surface area contributed by atoms with Gasteiger partial charge in [-0.2, -0.15) is 0 Å². The van der Waals surface area contributed by atoms with Gasteiger partial charge in [0.1, 0.15) is 17.6 Å². The second-order valence-corrected chi connectivity index (χ2v) is 39.4. The number of pyridine rings is 2. The number of aromatic nitrogens is 2. The molecule has 9 amide bonds. The number of nitrogens with one attached hydrogen (secondary N) is 6. The van der Waals surface area contributed by atoms with Crippen molar-refractivity contribution in [3.05, 3.63) is 307 Å². The maximum Gasteiger partial charge on any atom is 0.271 e. The third kappa shape index (κ3) is 44.8. The van der Waals surface area contributed by atoms with Crippen LogP contribution in [0.15, 0.2) is 207 Å². The largest absolute Gasteiger partial charge is 0.393 e. The average Bonchev–Trinajstić information content (AvgIpc) is 0.861. The van der Waals surface area contributed by atoms with Gasteiger partial charge in [0.15, 0.2) is 0 Å². The molecule has 2 heterocycles. The predicted molar refractivity (Wildman–Crippen MR) is 561 cm³/mol. The van der Waals surface area contributed by atoms with E-state index in [0.717, 1.165) is 84.7 Å². The zero-order valence-corrected chi connectivity index (χ0v) is 87.8. The Kier molecular flexibility index (Phi) is 52.6. The summed E-state index contributed by atoms with van der Waals surface area (Å²) in [5, 5.41) is 35.9. The highest BCUT2D eigenvalue weighted by Gasteiger charge is 2.25. The fourth-order valence-corrected chi connectivity index (χ4v) is 13.8.